The van der Waals surface area contributed by atoms with E-state index in [4.69, 9.17) is 9.47 Å². The Hall–Kier alpha value is -2.46. The normalized spacial score (nSPS) is 20.2. The van der Waals surface area contributed by atoms with Crippen LogP contribution in [0.1, 0.15) is 24.8 Å². The SMILES string of the molecule is COc1ccccc1C1=NC(C(F)(F)F)(C(F)(F)F)N=C(N2CCCCC2)O1. The summed E-state index contributed by atoms with van der Waals surface area (Å²) >= 11 is 0. The average molecular weight is 409 g/mol. The molecule has 0 aliphatic carbocycles. The van der Waals surface area contributed by atoms with Gasteiger partial charge >= 0.3 is 18.0 Å². The first-order valence-electron chi connectivity index (χ1n) is 8.48. The Balaban J connectivity index is 2.19. The predicted molar refractivity (Wildman–Crippen MR) is 88.3 cm³/mol. The summed E-state index contributed by atoms with van der Waals surface area (Å²) in [5.74, 6) is -0.818. The lowest BCUT2D eigenvalue weighted by Gasteiger charge is -2.37. The number of piperidine rings is 1. The van der Waals surface area contributed by atoms with Gasteiger partial charge in [0.15, 0.2) is 0 Å². The van der Waals surface area contributed by atoms with Gasteiger partial charge in [-0.15, -0.1) is 0 Å². The molecule has 2 aliphatic rings. The van der Waals surface area contributed by atoms with E-state index in [2.05, 4.69) is 9.98 Å². The van der Waals surface area contributed by atoms with E-state index < -0.39 is 29.9 Å². The van der Waals surface area contributed by atoms with Crippen molar-refractivity contribution in [3.05, 3.63) is 29.8 Å². The number of alkyl halides is 6. The van der Waals surface area contributed by atoms with Gasteiger partial charge in [0, 0.05) is 13.1 Å². The van der Waals surface area contributed by atoms with Crippen molar-refractivity contribution in [1.82, 2.24) is 4.90 Å². The van der Waals surface area contributed by atoms with Crippen LogP contribution in [0.3, 0.4) is 0 Å². The van der Waals surface area contributed by atoms with Crippen molar-refractivity contribution in [3.63, 3.8) is 0 Å². The van der Waals surface area contributed by atoms with Crippen molar-refractivity contribution < 1.29 is 35.8 Å². The van der Waals surface area contributed by atoms with E-state index in [0.717, 1.165) is 6.42 Å². The molecule has 154 valence electrons. The molecule has 1 aromatic carbocycles. The number of amidine groups is 1. The molecule has 0 atom stereocenters. The second-order valence-electron chi connectivity index (χ2n) is 6.33. The van der Waals surface area contributed by atoms with Crippen LogP contribution in [0.15, 0.2) is 34.3 Å². The fraction of sp³-hybridized carbons (Fsp3) is 0.529. The van der Waals surface area contributed by atoms with Gasteiger partial charge in [-0.1, -0.05) is 12.1 Å². The highest BCUT2D eigenvalue weighted by Crippen LogP contribution is 2.49. The lowest BCUT2D eigenvalue weighted by molar-refractivity contribution is -0.293. The Bertz CT molecular complexity index is 768. The minimum Gasteiger partial charge on any atom is -0.496 e. The number of nitrogens with zero attached hydrogens (tertiary/aromatic N) is 3. The molecule has 1 aromatic rings. The molecule has 1 saturated heterocycles. The van der Waals surface area contributed by atoms with Gasteiger partial charge in [-0.25, -0.2) is 4.99 Å². The van der Waals surface area contributed by atoms with Gasteiger partial charge in [0.05, 0.1) is 12.7 Å². The van der Waals surface area contributed by atoms with E-state index in [9.17, 15) is 26.3 Å². The van der Waals surface area contributed by atoms with Crippen LogP contribution in [-0.2, 0) is 4.74 Å². The first-order chi connectivity index (χ1) is 13.1. The number of aliphatic imine (C=N–C) groups is 2. The number of likely N-dealkylation sites (tertiary alicyclic amines) is 1. The number of para-hydroxylation sites is 1. The first kappa shape index (κ1) is 20.3. The van der Waals surface area contributed by atoms with Crippen molar-refractivity contribution in [2.24, 2.45) is 9.98 Å². The van der Waals surface area contributed by atoms with Crippen LogP contribution >= 0.6 is 0 Å². The minimum atomic E-state index is -5.82. The second-order valence-corrected chi connectivity index (χ2v) is 6.33. The maximum Gasteiger partial charge on any atom is 0.443 e. The number of ether oxygens (including phenoxy) is 2. The maximum absolute atomic E-state index is 13.7. The average Bonchev–Trinajstić information content (AvgIpc) is 2.66. The highest BCUT2D eigenvalue weighted by Gasteiger charge is 2.74. The summed E-state index contributed by atoms with van der Waals surface area (Å²) in [4.78, 5) is 7.16. The summed E-state index contributed by atoms with van der Waals surface area (Å²) < 4.78 is 92.4. The van der Waals surface area contributed by atoms with E-state index in [1.165, 1.54) is 36.3 Å². The Kier molecular flexibility index (Phi) is 5.20. The largest absolute Gasteiger partial charge is 0.496 e. The van der Waals surface area contributed by atoms with E-state index in [0.29, 0.717) is 12.8 Å². The number of rotatable bonds is 2. The molecule has 5 nitrogen and oxygen atoms in total. The number of halogens is 6. The van der Waals surface area contributed by atoms with Crippen LogP contribution in [-0.4, -0.2) is 55.0 Å². The standard InChI is InChI=1S/C17H17F6N3O2/c1-27-12-8-4-3-7-11(12)13-24-15(16(18,19)20,17(21,22)23)25-14(28-13)26-9-5-2-6-10-26/h3-4,7-8H,2,5-6,9-10H2,1H3. The third-order valence-electron chi connectivity index (χ3n) is 4.46. The molecule has 2 heterocycles. The fourth-order valence-corrected chi connectivity index (χ4v) is 3.01. The van der Waals surface area contributed by atoms with Crippen LogP contribution in [0.25, 0.3) is 0 Å². The summed E-state index contributed by atoms with van der Waals surface area (Å²) in [7, 11) is 1.24. The monoisotopic (exact) mass is 409 g/mol. The zero-order chi connectivity index (χ0) is 20.6. The van der Waals surface area contributed by atoms with Crippen LogP contribution in [0, 0.1) is 0 Å². The third-order valence-corrected chi connectivity index (χ3v) is 4.46. The van der Waals surface area contributed by atoms with Crippen molar-refractivity contribution in [2.45, 2.75) is 37.3 Å². The van der Waals surface area contributed by atoms with Gasteiger partial charge in [0.25, 0.3) is 6.02 Å². The molecule has 0 radical (unpaired) electrons. The van der Waals surface area contributed by atoms with Crippen molar-refractivity contribution >= 4 is 11.9 Å². The fourth-order valence-electron chi connectivity index (χ4n) is 3.01. The lowest BCUT2D eigenvalue weighted by Crippen LogP contribution is -2.58. The van der Waals surface area contributed by atoms with E-state index in [-0.39, 0.29) is 24.4 Å². The Morgan fingerprint density at radius 2 is 1.57 bits per heavy atom. The van der Waals surface area contributed by atoms with Gasteiger partial charge in [0.2, 0.25) is 5.90 Å². The van der Waals surface area contributed by atoms with Crippen LogP contribution < -0.4 is 4.74 Å². The van der Waals surface area contributed by atoms with Gasteiger partial charge in [-0.3, -0.25) is 0 Å². The third kappa shape index (κ3) is 3.49. The highest BCUT2D eigenvalue weighted by atomic mass is 19.4. The molecule has 28 heavy (non-hydrogen) atoms. The topological polar surface area (TPSA) is 46.4 Å². The van der Waals surface area contributed by atoms with E-state index in [1.807, 2.05) is 0 Å². The molecule has 1 fully saturated rings. The van der Waals surface area contributed by atoms with Gasteiger partial charge in [0.1, 0.15) is 5.75 Å². The van der Waals surface area contributed by atoms with Gasteiger partial charge in [-0.2, -0.15) is 31.3 Å². The predicted octanol–water partition coefficient (Wildman–Crippen LogP) is 4.13. The summed E-state index contributed by atoms with van der Waals surface area (Å²) in [6.07, 6.45) is -9.60. The minimum absolute atomic E-state index is 0.0272. The van der Waals surface area contributed by atoms with E-state index >= 15 is 0 Å². The van der Waals surface area contributed by atoms with Gasteiger partial charge in [-0.05, 0) is 31.4 Å². The number of benzene rings is 1. The smallest absolute Gasteiger partial charge is 0.443 e. The zero-order valence-corrected chi connectivity index (χ0v) is 14.8. The van der Waals surface area contributed by atoms with Gasteiger partial charge < -0.3 is 14.4 Å². The summed E-state index contributed by atoms with van der Waals surface area (Å²) in [6, 6.07) is 4.86. The first-order valence-corrected chi connectivity index (χ1v) is 8.48. The van der Waals surface area contributed by atoms with Crippen molar-refractivity contribution in [1.29, 1.82) is 0 Å². The molecule has 0 aromatic heterocycles. The summed E-state index contributed by atoms with van der Waals surface area (Å²) in [5, 5.41) is 0. The summed E-state index contributed by atoms with van der Waals surface area (Å²) in [5.41, 5.74) is -4.78. The number of methoxy groups -OCH3 is 1. The molecular formula is C17H17F6N3O2. The Morgan fingerprint density at radius 3 is 2.14 bits per heavy atom. The number of hydrogen-bond donors (Lipinski definition) is 0. The Morgan fingerprint density at radius 1 is 0.964 bits per heavy atom. The lowest BCUT2D eigenvalue weighted by atomic mass is 10.1. The molecular weight excluding hydrogens is 392 g/mol. The quantitative estimate of drug-likeness (QED) is 0.690. The summed E-state index contributed by atoms with van der Waals surface area (Å²) in [6.45, 7) is 0.480. The Labute approximate surface area is 156 Å². The van der Waals surface area contributed by atoms with Crippen LogP contribution in [0.5, 0.6) is 5.75 Å². The highest BCUT2D eigenvalue weighted by molar-refractivity contribution is 6.04. The molecule has 0 bridgehead atoms. The van der Waals surface area contributed by atoms with Crippen molar-refractivity contribution in [3.8, 4) is 5.75 Å². The molecule has 0 amide bonds. The van der Waals surface area contributed by atoms with Crippen molar-refractivity contribution in [2.75, 3.05) is 20.2 Å². The molecule has 3 rings (SSSR count). The van der Waals surface area contributed by atoms with E-state index in [1.54, 1.807) is 0 Å². The van der Waals surface area contributed by atoms with Crippen LogP contribution in [0.2, 0.25) is 0 Å². The molecule has 0 saturated carbocycles. The number of hydrogen-bond acceptors (Lipinski definition) is 5. The molecule has 0 unspecified atom stereocenters. The molecule has 0 N–H and O–H groups in total. The molecule has 0 spiro atoms. The zero-order valence-electron chi connectivity index (χ0n) is 14.8. The molecule has 11 heteroatoms. The molecule has 2 aliphatic heterocycles. The maximum atomic E-state index is 13.7. The van der Waals surface area contributed by atoms with Crippen LogP contribution in [0.4, 0.5) is 26.3 Å². The second kappa shape index (κ2) is 7.17.